The molecule has 0 aliphatic rings. The molecule has 1 heterocycles. The number of nitrogens with one attached hydrogen (secondary N) is 1. The normalized spacial score (nSPS) is 10.7. The molecule has 158 valence electrons. The number of oxazole rings is 1. The van der Waals surface area contributed by atoms with Gasteiger partial charge in [0.05, 0.1) is 6.54 Å². The number of carbonyl (C=O) groups is 2. The highest BCUT2D eigenvalue weighted by atomic mass is 79.9. The molecule has 0 unspecified atom stereocenters. The zero-order chi connectivity index (χ0) is 21.1. The monoisotopic (exact) mass is 467 g/mol. The Labute approximate surface area is 178 Å². The fourth-order valence-electron chi connectivity index (χ4n) is 2.62. The van der Waals surface area contributed by atoms with Gasteiger partial charge in [-0.15, -0.1) is 0 Å². The Hall–Kier alpha value is -2.23. The van der Waals surface area contributed by atoms with Crippen LogP contribution >= 0.6 is 15.9 Å². The molecule has 0 saturated heterocycles. The Morgan fingerprint density at radius 2 is 1.97 bits per heavy atom. The molecule has 29 heavy (non-hydrogen) atoms. The number of halogens is 1. The van der Waals surface area contributed by atoms with E-state index in [-0.39, 0.29) is 24.1 Å². The Morgan fingerprint density at radius 1 is 1.21 bits per heavy atom. The zero-order valence-electron chi connectivity index (χ0n) is 16.7. The minimum atomic E-state index is -0.319. The third kappa shape index (κ3) is 7.60. The molecule has 0 saturated carbocycles. The number of carbonyl (C=O) groups excluding carboxylic acids is 2. The van der Waals surface area contributed by atoms with E-state index >= 15 is 0 Å². The molecule has 0 aliphatic carbocycles. The topological polar surface area (TPSA) is 93.9 Å². The maximum absolute atomic E-state index is 12.9. The molecule has 2 aromatic rings. The predicted octanol–water partition coefficient (Wildman–Crippen LogP) is 2.88. The second kappa shape index (κ2) is 12.4. The van der Waals surface area contributed by atoms with Gasteiger partial charge >= 0.3 is 0 Å². The van der Waals surface area contributed by atoms with E-state index in [1.807, 2.05) is 12.1 Å². The Balaban J connectivity index is 2.04. The molecule has 9 heteroatoms. The van der Waals surface area contributed by atoms with Gasteiger partial charge in [-0.3, -0.25) is 9.59 Å². The molecule has 8 nitrogen and oxygen atoms in total. The quantitative estimate of drug-likeness (QED) is 0.482. The average Bonchev–Trinajstić information content (AvgIpc) is 3.18. The van der Waals surface area contributed by atoms with Crippen LogP contribution < -0.4 is 5.32 Å². The highest BCUT2D eigenvalue weighted by Gasteiger charge is 2.20. The minimum absolute atomic E-state index is 0.147. The third-order valence-corrected chi connectivity index (χ3v) is 4.55. The molecule has 0 radical (unpaired) electrons. The predicted molar refractivity (Wildman–Crippen MR) is 111 cm³/mol. The van der Waals surface area contributed by atoms with Crippen molar-refractivity contribution in [2.75, 3.05) is 40.5 Å². The Kier molecular flexibility index (Phi) is 9.82. The van der Waals surface area contributed by atoms with E-state index in [2.05, 4.69) is 26.2 Å². The molecule has 0 fully saturated rings. The molecular weight excluding hydrogens is 442 g/mol. The van der Waals surface area contributed by atoms with Crippen LogP contribution in [-0.2, 0) is 16.0 Å². The molecule has 1 aromatic carbocycles. The summed E-state index contributed by atoms with van der Waals surface area (Å²) in [5.74, 6) is -0.167. The summed E-state index contributed by atoms with van der Waals surface area (Å²) in [5.41, 5.74) is 0.739. The minimum Gasteiger partial charge on any atom is -0.446 e. The first kappa shape index (κ1) is 23.1. The third-order valence-electron chi connectivity index (χ3n) is 4.06. The highest BCUT2D eigenvalue weighted by Crippen LogP contribution is 2.16. The standard InChI is InChI=1S/C20H26BrN3O5/c1-27-10-4-8-22-19(25)17-14-29-18(23-17)13-24(9-5-11-28-2)20(26)15-6-3-7-16(21)12-15/h3,6-7,12,14H,4-5,8-11,13H2,1-2H3,(H,22,25). The van der Waals surface area contributed by atoms with Crippen molar-refractivity contribution < 1.29 is 23.5 Å². The van der Waals surface area contributed by atoms with E-state index in [0.29, 0.717) is 50.6 Å². The SMILES string of the molecule is COCCCNC(=O)c1coc(CN(CCCOC)C(=O)c2cccc(Br)c2)n1. The van der Waals surface area contributed by atoms with Crippen LogP contribution in [0.15, 0.2) is 39.4 Å². The van der Waals surface area contributed by atoms with Gasteiger partial charge in [-0.1, -0.05) is 22.0 Å². The lowest BCUT2D eigenvalue weighted by molar-refractivity contribution is 0.0707. The van der Waals surface area contributed by atoms with Crippen molar-refractivity contribution >= 4 is 27.7 Å². The van der Waals surface area contributed by atoms with E-state index in [1.54, 1.807) is 31.3 Å². The van der Waals surface area contributed by atoms with Crippen molar-refractivity contribution in [3.05, 3.63) is 52.1 Å². The number of ether oxygens (including phenoxy) is 2. The number of methoxy groups -OCH3 is 2. The first-order chi connectivity index (χ1) is 14.0. The van der Waals surface area contributed by atoms with Crippen LogP contribution in [0.1, 0.15) is 39.6 Å². The highest BCUT2D eigenvalue weighted by molar-refractivity contribution is 9.10. The van der Waals surface area contributed by atoms with Crippen molar-refractivity contribution in [1.29, 1.82) is 0 Å². The number of rotatable bonds is 12. The lowest BCUT2D eigenvalue weighted by Gasteiger charge is -2.21. The van der Waals surface area contributed by atoms with E-state index in [1.165, 1.54) is 6.26 Å². The van der Waals surface area contributed by atoms with Gasteiger partial charge in [0.1, 0.15) is 6.26 Å². The maximum Gasteiger partial charge on any atom is 0.273 e. The van der Waals surface area contributed by atoms with E-state index in [4.69, 9.17) is 13.9 Å². The van der Waals surface area contributed by atoms with Crippen molar-refractivity contribution in [3.8, 4) is 0 Å². The summed E-state index contributed by atoms with van der Waals surface area (Å²) < 4.78 is 16.3. The fraction of sp³-hybridized carbons (Fsp3) is 0.450. The van der Waals surface area contributed by atoms with Crippen molar-refractivity contribution in [1.82, 2.24) is 15.2 Å². The summed E-state index contributed by atoms with van der Waals surface area (Å²) in [6.07, 6.45) is 2.68. The molecule has 0 bridgehead atoms. The van der Waals surface area contributed by atoms with Gasteiger partial charge in [0.25, 0.3) is 11.8 Å². The second-order valence-corrected chi connectivity index (χ2v) is 7.23. The van der Waals surface area contributed by atoms with Crippen LogP contribution in [-0.4, -0.2) is 62.2 Å². The summed E-state index contributed by atoms with van der Waals surface area (Å²) in [6.45, 7) is 2.22. The number of nitrogens with zero attached hydrogens (tertiary/aromatic N) is 2. The smallest absolute Gasteiger partial charge is 0.273 e. The van der Waals surface area contributed by atoms with Crippen LogP contribution in [0.2, 0.25) is 0 Å². The van der Waals surface area contributed by atoms with Gasteiger partial charge in [0.15, 0.2) is 5.69 Å². The van der Waals surface area contributed by atoms with Crippen LogP contribution in [0.3, 0.4) is 0 Å². The first-order valence-electron chi connectivity index (χ1n) is 9.30. The molecule has 1 N–H and O–H groups in total. The Morgan fingerprint density at radius 3 is 2.69 bits per heavy atom. The van der Waals surface area contributed by atoms with E-state index in [9.17, 15) is 9.59 Å². The van der Waals surface area contributed by atoms with Crippen molar-refractivity contribution in [2.24, 2.45) is 0 Å². The molecule has 0 spiro atoms. The van der Waals surface area contributed by atoms with Gasteiger partial charge in [-0.2, -0.15) is 0 Å². The van der Waals surface area contributed by atoms with Gasteiger partial charge in [-0.05, 0) is 31.0 Å². The molecule has 1 aromatic heterocycles. The van der Waals surface area contributed by atoms with Crippen LogP contribution in [0.4, 0.5) is 0 Å². The van der Waals surface area contributed by atoms with Gasteiger partial charge in [-0.25, -0.2) is 4.98 Å². The summed E-state index contributed by atoms with van der Waals surface area (Å²) in [4.78, 5) is 30.9. The lowest BCUT2D eigenvalue weighted by Crippen LogP contribution is -2.32. The molecular formula is C20H26BrN3O5. The van der Waals surface area contributed by atoms with Crippen LogP contribution in [0.5, 0.6) is 0 Å². The largest absolute Gasteiger partial charge is 0.446 e. The Bertz CT molecular complexity index is 796. The van der Waals surface area contributed by atoms with Gasteiger partial charge in [0.2, 0.25) is 5.89 Å². The molecule has 0 aliphatic heterocycles. The zero-order valence-corrected chi connectivity index (χ0v) is 18.2. The van der Waals surface area contributed by atoms with Crippen LogP contribution in [0, 0.1) is 0 Å². The number of benzene rings is 1. The van der Waals surface area contributed by atoms with Crippen molar-refractivity contribution in [2.45, 2.75) is 19.4 Å². The van der Waals surface area contributed by atoms with E-state index in [0.717, 1.165) is 4.47 Å². The number of amides is 2. The second-order valence-electron chi connectivity index (χ2n) is 6.31. The number of aromatic nitrogens is 1. The summed E-state index contributed by atoms with van der Waals surface area (Å²) in [6, 6.07) is 7.18. The van der Waals surface area contributed by atoms with Crippen molar-refractivity contribution in [3.63, 3.8) is 0 Å². The number of hydrogen-bond acceptors (Lipinski definition) is 6. The lowest BCUT2D eigenvalue weighted by atomic mass is 10.2. The average molecular weight is 468 g/mol. The molecule has 2 rings (SSSR count). The maximum atomic E-state index is 12.9. The summed E-state index contributed by atoms with van der Waals surface area (Å²) in [5, 5.41) is 2.75. The summed E-state index contributed by atoms with van der Waals surface area (Å²) in [7, 11) is 3.23. The molecule has 0 atom stereocenters. The van der Waals surface area contributed by atoms with Gasteiger partial charge in [0, 0.05) is 50.6 Å². The fourth-order valence-corrected chi connectivity index (χ4v) is 3.02. The first-order valence-corrected chi connectivity index (χ1v) is 10.1. The van der Waals surface area contributed by atoms with Gasteiger partial charge < -0.3 is 24.1 Å². The summed E-state index contributed by atoms with van der Waals surface area (Å²) >= 11 is 3.39. The molecule has 2 amide bonds. The van der Waals surface area contributed by atoms with E-state index < -0.39 is 0 Å². The number of hydrogen-bond donors (Lipinski definition) is 1. The van der Waals surface area contributed by atoms with Crippen LogP contribution in [0.25, 0.3) is 0 Å².